The van der Waals surface area contributed by atoms with Crippen molar-refractivity contribution in [2.75, 3.05) is 4.72 Å². The Kier molecular flexibility index (Phi) is 5.38. The third-order valence-corrected chi connectivity index (χ3v) is 7.47. The maximum Gasteiger partial charge on any atom is 0.271 e. The van der Waals surface area contributed by atoms with Crippen molar-refractivity contribution in [3.05, 3.63) is 83.0 Å². The first kappa shape index (κ1) is 19.6. The molecule has 0 bridgehead atoms. The summed E-state index contributed by atoms with van der Waals surface area (Å²) in [6.45, 7) is 0.211. The number of benzene rings is 2. The fourth-order valence-electron chi connectivity index (χ4n) is 3.03. The molecule has 1 amide bonds. The van der Waals surface area contributed by atoms with E-state index in [9.17, 15) is 17.6 Å². The predicted molar refractivity (Wildman–Crippen MR) is 111 cm³/mol. The molecule has 0 aliphatic heterocycles. The average Bonchev–Trinajstić information content (AvgIpc) is 3.38. The van der Waals surface area contributed by atoms with Gasteiger partial charge in [-0.1, -0.05) is 24.3 Å². The minimum atomic E-state index is -3.64. The monoisotopic (exact) mass is 430 g/mol. The summed E-state index contributed by atoms with van der Waals surface area (Å²) in [5.41, 5.74) is 1.29. The molecule has 1 fully saturated rings. The van der Waals surface area contributed by atoms with Gasteiger partial charge in [-0.25, -0.2) is 12.8 Å². The summed E-state index contributed by atoms with van der Waals surface area (Å²) in [6, 6.07) is 16.1. The van der Waals surface area contributed by atoms with Crippen molar-refractivity contribution < 1.29 is 17.6 Å². The number of amides is 1. The van der Waals surface area contributed by atoms with E-state index in [0.717, 1.165) is 24.2 Å². The summed E-state index contributed by atoms with van der Waals surface area (Å²) in [6.07, 6.45) is 1.80. The molecule has 0 unspecified atom stereocenters. The highest BCUT2D eigenvalue weighted by Gasteiger charge is 2.33. The fraction of sp³-hybridized carbons (Fsp3) is 0.190. The molecule has 0 saturated heterocycles. The van der Waals surface area contributed by atoms with Crippen molar-refractivity contribution in [2.24, 2.45) is 0 Å². The Hall–Kier alpha value is -2.71. The van der Waals surface area contributed by atoms with Crippen molar-refractivity contribution in [2.45, 2.75) is 29.6 Å². The van der Waals surface area contributed by atoms with Gasteiger partial charge in [-0.15, -0.1) is 11.3 Å². The van der Waals surface area contributed by atoms with Crippen molar-refractivity contribution in [1.29, 1.82) is 0 Å². The summed E-state index contributed by atoms with van der Waals surface area (Å²) in [5.74, 6) is -0.521. The zero-order valence-corrected chi connectivity index (χ0v) is 17.0. The van der Waals surface area contributed by atoms with Gasteiger partial charge in [0.05, 0.1) is 0 Å². The van der Waals surface area contributed by atoms with Gasteiger partial charge in [0.25, 0.3) is 15.9 Å². The smallest absolute Gasteiger partial charge is 0.271 e. The molecule has 1 aliphatic rings. The van der Waals surface area contributed by atoms with Gasteiger partial charge in [-0.05, 0) is 54.6 Å². The molecule has 1 aromatic heterocycles. The van der Waals surface area contributed by atoms with Crippen LogP contribution in [0.5, 0.6) is 0 Å². The molecule has 2 aromatic carbocycles. The number of hydrogen-bond acceptors (Lipinski definition) is 4. The minimum absolute atomic E-state index is 0.110. The standard InChI is InChI=1S/C21H19FN2O3S2/c22-19-5-2-1-4-16(19)14-24(18-11-12-18)21(25)15-7-9-17(10-8-15)23-29(26,27)20-6-3-13-28-20/h1-10,13,18,23H,11-12,14H2. The summed E-state index contributed by atoms with van der Waals surface area (Å²) in [7, 11) is -3.64. The van der Waals surface area contributed by atoms with Crippen molar-refractivity contribution in [3.63, 3.8) is 0 Å². The summed E-state index contributed by atoms with van der Waals surface area (Å²) >= 11 is 1.13. The highest BCUT2D eigenvalue weighted by molar-refractivity contribution is 7.94. The first-order valence-electron chi connectivity index (χ1n) is 9.15. The van der Waals surface area contributed by atoms with E-state index in [1.54, 1.807) is 58.8 Å². The van der Waals surface area contributed by atoms with Gasteiger partial charge in [0.1, 0.15) is 10.0 Å². The zero-order valence-electron chi connectivity index (χ0n) is 15.4. The molecule has 5 nitrogen and oxygen atoms in total. The number of anilines is 1. The highest BCUT2D eigenvalue weighted by atomic mass is 32.2. The number of carbonyl (C=O) groups excluding carboxylic acids is 1. The van der Waals surface area contributed by atoms with Crippen molar-refractivity contribution in [1.82, 2.24) is 4.90 Å². The molecule has 3 aromatic rings. The second-order valence-corrected chi connectivity index (χ2v) is 9.73. The fourth-order valence-corrected chi connectivity index (χ4v) is 5.08. The molecule has 4 rings (SSSR count). The van der Waals surface area contributed by atoms with Crippen LogP contribution < -0.4 is 4.72 Å². The number of rotatable bonds is 7. The van der Waals surface area contributed by atoms with Gasteiger partial charge < -0.3 is 4.90 Å². The van der Waals surface area contributed by atoms with Gasteiger partial charge >= 0.3 is 0 Å². The predicted octanol–water partition coefficient (Wildman–Crippen LogP) is 4.49. The van der Waals surface area contributed by atoms with Gasteiger partial charge in [0.15, 0.2) is 0 Å². The lowest BCUT2D eigenvalue weighted by Crippen LogP contribution is -2.32. The Morgan fingerprint density at radius 3 is 2.41 bits per heavy atom. The average molecular weight is 431 g/mol. The van der Waals surface area contributed by atoms with Gasteiger partial charge in [0.2, 0.25) is 0 Å². The van der Waals surface area contributed by atoms with E-state index in [0.29, 0.717) is 16.8 Å². The third-order valence-electron chi connectivity index (χ3n) is 4.69. The van der Waals surface area contributed by atoms with Crippen LogP contribution in [0.25, 0.3) is 0 Å². The van der Waals surface area contributed by atoms with Crippen LogP contribution in [-0.4, -0.2) is 25.3 Å². The maximum atomic E-state index is 14.0. The van der Waals surface area contributed by atoms with Crippen molar-refractivity contribution in [3.8, 4) is 0 Å². The van der Waals surface area contributed by atoms with Crippen LogP contribution in [0.1, 0.15) is 28.8 Å². The molecule has 0 radical (unpaired) electrons. The van der Waals surface area contributed by atoms with E-state index >= 15 is 0 Å². The van der Waals surface area contributed by atoms with Crippen LogP contribution >= 0.6 is 11.3 Å². The van der Waals surface area contributed by atoms with E-state index < -0.39 is 10.0 Å². The number of thiophene rings is 1. The lowest BCUT2D eigenvalue weighted by atomic mass is 10.1. The molecular weight excluding hydrogens is 411 g/mol. The number of sulfonamides is 1. The minimum Gasteiger partial charge on any atom is -0.331 e. The molecule has 0 atom stereocenters. The second-order valence-electron chi connectivity index (χ2n) is 6.87. The number of carbonyl (C=O) groups is 1. The van der Waals surface area contributed by atoms with E-state index in [1.165, 1.54) is 12.1 Å². The van der Waals surface area contributed by atoms with Crippen LogP contribution in [-0.2, 0) is 16.6 Å². The molecule has 150 valence electrons. The topological polar surface area (TPSA) is 66.5 Å². The summed E-state index contributed by atoms with van der Waals surface area (Å²) in [4.78, 5) is 14.7. The molecule has 8 heteroatoms. The Morgan fingerprint density at radius 1 is 1.07 bits per heavy atom. The molecule has 1 aliphatic carbocycles. The van der Waals surface area contributed by atoms with Crippen LogP contribution in [0.4, 0.5) is 10.1 Å². The highest BCUT2D eigenvalue weighted by Crippen LogP contribution is 2.30. The first-order valence-corrected chi connectivity index (χ1v) is 11.5. The van der Waals surface area contributed by atoms with Crippen LogP contribution in [0.3, 0.4) is 0 Å². The second kappa shape index (κ2) is 7.96. The molecular formula is C21H19FN2O3S2. The number of hydrogen-bond donors (Lipinski definition) is 1. The SMILES string of the molecule is O=C(c1ccc(NS(=O)(=O)c2cccs2)cc1)N(Cc1ccccc1F)C1CC1. The molecule has 1 saturated carbocycles. The van der Waals surface area contributed by atoms with Crippen LogP contribution in [0.2, 0.25) is 0 Å². The lowest BCUT2D eigenvalue weighted by Gasteiger charge is -2.23. The molecule has 29 heavy (non-hydrogen) atoms. The van der Waals surface area contributed by atoms with E-state index in [2.05, 4.69) is 4.72 Å². The summed E-state index contributed by atoms with van der Waals surface area (Å²) < 4.78 is 41.4. The number of halogens is 1. The maximum absolute atomic E-state index is 14.0. The summed E-state index contributed by atoms with van der Waals surface area (Å²) in [5, 5.41) is 1.69. The largest absolute Gasteiger partial charge is 0.331 e. The van der Waals surface area contributed by atoms with E-state index in [4.69, 9.17) is 0 Å². The quantitative estimate of drug-likeness (QED) is 0.600. The first-order chi connectivity index (χ1) is 13.9. The van der Waals surface area contributed by atoms with Gasteiger partial charge in [-0.3, -0.25) is 9.52 Å². The van der Waals surface area contributed by atoms with E-state index in [-0.39, 0.29) is 28.5 Å². The van der Waals surface area contributed by atoms with Gasteiger partial charge in [0, 0.05) is 29.4 Å². The van der Waals surface area contributed by atoms with Crippen LogP contribution in [0.15, 0.2) is 70.3 Å². The molecule has 1 heterocycles. The Bertz CT molecular complexity index is 1110. The molecule has 1 N–H and O–H groups in total. The Morgan fingerprint density at radius 2 is 1.79 bits per heavy atom. The normalized spacial score (nSPS) is 13.8. The lowest BCUT2D eigenvalue weighted by molar-refractivity contribution is 0.0728. The molecule has 0 spiro atoms. The zero-order chi connectivity index (χ0) is 20.4. The Labute approximate surface area is 172 Å². The van der Waals surface area contributed by atoms with Crippen molar-refractivity contribution >= 4 is 33.0 Å². The third kappa shape index (κ3) is 4.49. The van der Waals surface area contributed by atoms with Gasteiger partial charge in [-0.2, -0.15) is 0 Å². The van der Waals surface area contributed by atoms with Crippen LogP contribution in [0, 0.1) is 5.82 Å². The number of nitrogens with zero attached hydrogens (tertiary/aromatic N) is 1. The number of nitrogens with one attached hydrogen (secondary N) is 1. The Balaban J connectivity index is 1.50. The van der Waals surface area contributed by atoms with E-state index in [1.807, 2.05) is 0 Å².